The van der Waals surface area contributed by atoms with E-state index in [2.05, 4.69) is 4.76 Å². The molecular formula is C14H16NO7P. The molecule has 0 aliphatic heterocycles. The van der Waals surface area contributed by atoms with Crippen molar-refractivity contribution in [2.45, 2.75) is 12.2 Å². The summed E-state index contributed by atoms with van der Waals surface area (Å²) in [5.41, 5.74) is 0.137. The number of aliphatic hydroxyl groups excluding tert-OH is 1. The molecule has 0 heterocycles. The van der Waals surface area contributed by atoms with E-state index in [1.807, 2.05) is 0 Å². The summed E-state index contributed by atoms with van der Waals surface area (Å²) in [6.07, 6.45) is 3.06. The third-order valence-corrected chi connectivity index (χ3v) is 3.71. The van der Waals surface area contributed by atoms with E-state index in [0.29, 0.717) is 5.56 Å². The Morgan fingerprint density at radius 1 is 1.13 bits per heavy atom. The Morgan fingerprint density at radius 2 is 1.74 bits per heavy atom. The monoisotopic (exact) mass is 341 g/mol. The van der Waals surface area contributed by atoms with Crippen molar-refractivity contribution in [3.8, 4) is 5.75 Å². The van der Waals surface area contributed by atoms with Crippen molar-refractivity contribution in [1.29, 1.82) is 0 Å². The van der Waals surface area contributed by atoms with E-state index in [4.69, 9.17) is 9.79 Å². The van der Waals surface area contributed by atoms with Crippen LogP contribution in [0, 0.1) is 5.92 Å². The molecule has 0 bridgehead atoms. The van der Waals surface area contributed by atoms with Crippen LogP contribution in [0.3, 0.4) is 0 Å². The lowest BCUT2D eigenvalue weighted by Crippen LogP contribution is -2.43. The summed E-state index contributed by atoms with van der Waals surface area (Å²) < 4.78 is 14.2. The molecule has 2 rings (SSSR count). The van der Waals surface area contributed by atoms with Crippen LogP contribution in [0.4, 0.5) is 0 Å². The number of allylic oxidation sites excluding steroid dienone is 2. The van der Waals surface area contributed by atoms with Crippen LogP contribution in [0.1, 0.15) is 5.56 Å². The second-order valence-electron chi connectivity index (χ2n) is 5.17. The summed E-state index contributed by atoms with van der Waals surface area (Å²) in [6, 6.07) is 5.71. The van der Waals surface area contributed by atoms with Gasteiger partial charge in [-0.05, 0) is 23.8 Å². The molecule has 1 aliphatic carbocycles. The van der Waals surface area contributed by atoms with Gasteiger partial charge in [-0.1, -0.05) is 18.2 Å². The van der Waals surface area contributed by atoms with E-state index in [1.165, 1.54) is 36.4 Å². The van der Waals surface area contributed by atoms with Gasteiger partial charge in [-0.15, -0.1) is 0 Å². The van der Waals surface area contributed by atoms with Crippen LogP contribution < -0.4 is 0 Å². The zero-order valence-corrected chi connectivity index (χ0v) is 12.7. The normalized spacial score (nSPS) is 20.6. The minimum atomic E-state index is -4.81. The fraction of sp³-hybridized carbons (Fsp3) is 0.214. The predicted octanol–water partition coefficient (Wildman–Crippen LogP) is 0.777. The van der Waals surface area contributed by atoms with Crippen molar-refractivity contribution < 1.29 is 34.8 Å². The first kappa shape index (κ1) is 17.4. The highest BCUT2D eigenvalue weighted by Crippen LogP contribution is 2.39. The summed E-state index contributed by atoms with van der Waals surface area (Å²) in [7, 11) is -4.81. The fourth-order valence-corrected chi connectivity index (χ4v) is 2.72. The molecular weight excluding hydrogens is 325 g/mol. The van der Waals surface area contributed by atoms with Crippen molar-refractivity contribution >= 4 is 13.5 Å². The Morgan fingerprint density at radius 3 is 2.30 bits per heavy atom. The molecule has 0 saturated heterocycles. The number of hydrogen-bond acceptors (Lipinski definition) is 5. The molecule has 1 aromatic carbocycles. The average molecular weight is 341 g/mol. The summed E-state index contributed by atoms with van der Waals surface area (Å²) in [6.45, 7) is 0. The molecule has 1 aromatic rings. The maximum absolute atomic E-state index is 11.1. The minimum Gasteiger partial charge on any atom is -0.508 e. The fourth-order valence-electron chi connectivity index (χ4n) is 2.24. The van der Waals surface area contributed by atoms with Gasteiger partial charge in [0.05, 0.1) is 11.6 Å². The number of nitrogens with zero attached hydrogens (tertiary/aromatic N) is 1. The van der Waals surface area contributed by atoms with E-state index in [-0.39, 0.29) is 23.6 Å². The third-order valence-electron chi connectivity index (χ3n) is 3.22. The Hall–Kier alpha value is -1.96. The zero-order chi connectivity index (χ0) is 17.3. The van der Waals surface area contributed by atoms with Gasteiger partial charge in [0, 0.05) is 12.5 Å². The van der Waals surface area contributed by atoms with Crippen LogP contribution in [-0.2, 0) is 11.0 Å². The molecule has 0 aromatic heterocycles. The predicted molar refractivity (Wildman–Crippen MR) is 81.8 cm³/mol. The van der Waals surface area contributed by atoms with Crippen LogP contribution in [0.25, 0.3) is 0 Å². The number of benzene rings is 1. The molecule has 0 spiro atoms. The quantitative estimate of drug-likeness (QED) is 0.350. The highest BCUT2D eigenvalue weighted by Gasteiger charge is 2.38. The average Bonchev–Trinajstić information content (AvgIpc) is 2.39. The van der Waals surface area contributed by atoms with Crippen LogP contribution in [-0.4, -0.2) is 41.7 Å². The van der Waals surface area contributed by atoms with Gasteiger partial charge in [0.1, 0.15) is 11.5 Å². The van der Waals surface area contributed by atoms with Crippen LogP contribution in [0.5, 0.6) is 5.75 Å². The Balaban J connectivity index is 2.32. The van der Waals surface area contributed by atoms with Gasteiger partial charge < -0.3 is 30.2 Å². The smallest absolute Gasteiger partial charge is 0.448 e. The molecule has 0 fully saturated rings. The lowest BCUT2D eigenvalue weighted by Gasteiger charge is -2.31. The molecule has 1 atom stereocenters. The molecule has 1 unspecified atom stereocenters. The number of phenolic OH excluding ortho intramolecular Hbond substituents is 1. The first-order valence-corrected chi connectivity index (χ1v) is 8.10. The molecule has 0 saturated carbocycles. The summed E-state index contributed by atoms with van der Waals surface area (Å²) in [5, 5.41) is 39.3. The van der Waals surface area contributed by atoms with Gasteiger partial charge in [-0.2, -0.15) is 4.76 Å². The van der Waals surface area contributed by atoms with Crippen molar-refractivity contribution in [3.63, 3.8) is 0 Å². The third kappa shape index (κ3) is 4.75. The maximum atomic E-state index is 11.1. The van der Waals surface area contributed by atoms with Gasteiger partial charge in [-0.3, -0.25) is 0 Å². The Labute approximate surface area is 131 Å². The van der Waals surface area contributed by atoms with Crippen molar-refractivity contribution in [1.82, 2.24) is 0 Å². The standard InChI is InChI=1S/C14H16NO7P/c16-10-3-1-9(2-4-10)8-14(18,19)12-6-5-11(17)7-13(12)15-23(20,21)22/h1-7,12,16-19H,8H2,(H2,20,21,22). The van der Waals surface area contributed by atoms with Gasteiger partial charge in [-0.25, -0.2) is 4.57 Å². The molecule has 1 aliphatic rings. The zero-order valence-electron chi connectivity index (χ0n) is 11.8. The highest BCUT2D eigenvalue weighted by molar-refractivity contribution is 7.50. The van der Waals surface area contributed by atoms with Gasteiger partial charge in [0.25, 0.3) is 0 Å². The second-order valence-corrected chi connectivity index (χ2v) is 6.39. The lowest BCUT2D eigenvalue weighted by atomic mass is 9.85. The largest absolute Gasteiger partial charge is 0.508 e. The molecule has 23 heavy (non-hydrogen) atoms. The van der Waals surface area contributed by atoms with E-state index in [9.17, 15) is 25.0 Å². The summed E-state index contributed by atoms with van der Waals surface area (Å²) in [5.74, 6) is -3.95. The first-order valence-electron chi connectivity index (χ1n) is 6.54. The van der Waals surface area contributed by atoms with Crippen LogP contribution >= 0.6 is 7.75 Å². The second kappa shape index (κ2) is 6.27. The number of rotatable bonds is 4. The minimum absolute atomic E-state index is 0.0180. The molecule has 0 amide bonds. The van der Waals surface area contributed by atoms with Crippen LogP contribution in [0.2, 0.25) is 0 Å². The summed E-state index contributed by atoms with van der Waals surface area (Å²) in [4.78, 5) is 17.9. The lowest BCUT2D eigenvalue weighted by molar-refractivity contribution is -0.172. The number of phenols is 1. The van der Waals surface area contributed by atoms with E-state index in [0.717, 1.165) is 6.08 Å². The van der Waals surface area contributed by atoms with Crippen molar-refractivity contribution in [2.24, 2.45) is 10.7 Å². The number of aromatic hydroxyl groups is 1. The molecule has 124 valence electrons. The highest BCUT2D eigenvalue weighted by atomic mass is 31.2. The molecule has 8 nitrogen and oxygen atoms in total. The van der Waals surface area contributed by atoms with E-state index in [1.54, 1.807) is 0 Å². The van der Waals surface area contributed by atoms with Gasteiger partial charge in [0.15, 0.2) is 5.79 Å². The SMILES string of the molecule is O=P(O)(O)N=C1C=C(O)C=CC1C(O)(O)Cc1ccc(O)cc1. The number of hydrogen-bond donors (Lipinski definition) is 6. The van der Waals surface area contributed by atoms with E-state index < -0.39 is 19.5 Å². The van der Waals surface area contributed by atoms with Gasteiger partial charge >= 0.3 is 7.75 Å². The molecule has 6 N–H and O–H groups in total. The topological polar surface area (TPSA) is 151 Å². The summed E-state index contributed by atoms with van der Waals surface area (Å²) >= 11 is 0. The number of aliphatic hydroxyl groups is 3. The Kier molecular flexibility index (Phi) is 4.74. The first-order chi connectivity index (χ1) is 10.6. The Bertz CT molecular complexity index is 715. The molecule has 0 radical (unpaired) electrons. The van der Waals surface area contributed by atoms with Crippen molar-refractivity contribution in [3.05, 3.63) is 53.8 Å². The molecule has 9 heteroatoms. The van der Waals surface area contributed by atoms with E-state index >= 15 is 0 Å². The van der Waals surface area contributed by atoms with Crippen molar-refractivity contribution in [2.75, 3.05) is 0 Å². The van der Waals surface area contributed by atoms with Gasteiger partial charge in [0.2, 0.25) is 0 Å². The van der Waals surface area contributed by atoms with Crippen LogP contribution in [0.15, 0.2) is 53.0 Å². The maximum Gasteiger partial charge on any atom is 0.448 e.